The van der Waals surface area contributed by atoms with Crippen LogP contribution in [0.25, 0.3) is 0 Å². The summed E-state index contributed by atoms with van der Waals surface area (Å²) >= 11 is 0. The first-order chi connectivity index (χ1) is 12.9. The fourth-order valence-electron chi connectivity index (χ4n) is 2.29. The quantitative estimate of drug-likeness (QED) is 0.345. The lowest BCUT2D eigenvalue weighted by atomic mass is 10.2. The second kappa shape index (κ2) is 12.5. The smallest absolute Gasteiger partial charge is 0.407 e. The van der Waals surface area contributed by atoms with Crippen molar-refractivity contribution >= 4 is 18.1 Å². The summed E-state index contributed by atoms with van der Waals surface area (Å²) in [5.74, 6) is -0.551. The van der Waals surface area contributed by atoms with E-state index in [1.807, 2.05) is 19.9 Å². The molecule has 1 aromatic rings. The summed E-state index contributed by atoms with van der Waals surface area (Å²) < 4.78 is 10.9. The predicted octanol–water partition coefficient (Wildman–Crippen LogP) is 2.07. The number of carbonyl (C=O) groups excluding carboxylic acids is 3. The lowest BCUT2D eigenvalue weighted by Crippen LogP contribution is -2.31. The predicted molar refractivity (Wildman–Crippen MR) is 99.5 cm³/mol. The standard InChI is InChI=1S/C18H28N4O5/c1-4-16(23)26-11-12-27-18(25)20-10-8-6-5-7-9-19-17(24)22-15(3)13-14(2)21-22/h4,13H,1,5-12H2,2-3H3,(H,19,24)(H,20,25). The largest absolute Gasteiger partial charge is 0.459 e. The minimum atomic E-state index is -0.551. The summed E-state index contributed by atoms with van der Waals surface area (Å²) in [6, 6.07) is 1.63. The van der Waals surface area contributed by atoms with Gasteiger partial charge >= 0.3 is 18.1 Å². The maximum atomic E-state index is 11.9. The Morgan fingerprint density at radius 1 is 1.07 bits per heavy atom. The van der Waals surface area contributed by atoms with Crippen LogP contribution in [0.4, 0.5) is 9.59 Å². The van der Waals surface area contributed by atoms with E-state index in [0.29, 0.717) is 13.1 Å². The van der Waals surface area contributed by atoms with E-state index in [0.717, 1.165) is 43.1 Å². The van der Waals surface area contributed by atoms with Crippen LogP contribution in [0.3, 0.4) is 0 Å². The molecule has 9 heteroatoms. The molecule has 0 spiro atoms. The van der Waals surface area contributed by atoms with Crippen molar-refractivity contribution in [3.8, 4) is 0 Å². The summed E-state index contributed by atoms with van der Waals surface area (Å²) in [7, 11) is 0. The number of nitrogens with one attached hydrogen (secondary N) is 2. The Bertz CT molecular complexity index is 642. The maximum absolute atomic E-state index is 11.9. The molecule has 1 aromatic heterocycles. The number of alkyl carbamates (subject to hydrolysis) is 1. The summed E-state index contributed by atoms with van der Waals surface area (Å²) in [6.07, 6.45) is 4.03. The molecule has 0 aliphatic carbocycles. The molecule has 1 heterocycles. The summed E-state index contributed by atoms with van der Waals surface area (Å²) in [6.45, 7) is 8.03. The summed E-state index contributed by atoms with van der Waals surface area (Å²) in [4.78, 5) is 34.1. The number of esters is 1. The molecule has 150 valence electrons. The van der Waals surface area contributed by atoms with E-state index in [1.165, 1.54) is 4.68 Å². The topological polar surface area (TPSA) is 112 Å². The second-order valence-electron chi connectivity index (χ2n) is 5.92. The van der Waals surface area contributed by atoms with E-state index >= 15 is 0 Å². The van der Waals surface area contributed by atoms with E-state index in [1.54, 1.807) is 0 Å². The van der Waals surface area contributed by atoms with Gasteiger partial charge in [0.15, 0.2) is 0 Å². The molecule has 0 fully saturated rings. The Morgan fingerprint density at radius 3 is 2.30 bits per heavy atom. The molecule has 2 amide bonds. The van der Waals surface area contributed by atoms with E-state index in [2.05, 4.69) is 27.0 Å². The highest BCUT2D eigenvalue weighted by Gasteiger charge is 2.08. The van der Waals surface area contributed by atoms with Gasteiger partial charge in [-0.3, -0.25) is 0 Å². The number of aryl methyl sites for hydroxylation is 2. The Labute approximate surface area is 159 Å². The Balaban J connectivity index is 1.96. The minimum Gasteiger partial charge on any atom is -0.459 e. The summed E-state index contributed by atoms with van der Waals surface area (Å²) in [5, 5.41) is 9.58. The van der Waals surface area contributed by atoms with Gasteiger partial charge in [-0.25, -0.2) is 14.4 Å². The van der Waals surface area contributed by atoms with Crippen molar-refractivity contribution in [2.75, 3.05) is 26.3 Å². The number of nitrogens with zero attached hydrogens (tertiary/aromatic N) is 2. The van der Waals surface area contributed by atoms with E-state index in [4.69, 9.17) is 4.74 Å². The molecule has 0 saturated heterocycles. The highest BCUT2D eigenvalue weighted by atomic mass is 16.6. The molecule has 0 saturated carbocycles. The van der Waals surface area contributed by atoms with Crippen molar-refractivity contribution in [3.05, 3.63) is 30.1 Å². The molecular formula is C18H28N4O5. The first-order valence-electron chi connectivity index (χ1n) is 8.95. The number of ether oxygens (including phenoxy) is 2. The third-order valence-electron chi connectivity index (χ3n) is 3.58. The lowest BCUT2D eigenvalue weighted by Gasteiger charge is -2.08. The highest BCUT2D eigenvalue weighted by Crippen LogP contribution is 2.02. The normalized spacial score (nSPS) is 10.1. The molecule has 9 nitrogen and oxygen atoms in total. The van der Waals surface area contributed by atoms with Gasteiger partial charge in [-0.1, -0.05) is 19.4 Å². The average molecular weight is 380 g/mol. The molecule has 2 N–H and O–H groups in total. The molecule has 0 unspecified atom stereocenters. The van der Waals surface area contributed by atoms with Crippen LogP contribution < -0.4 is 10.6 Å². The zero-order chi connectivity index (χ0) is 20.1. The van der Waals surface area contributed by atoms with Crippen LogP contribution in [0.5, 0.6) is 0 Å². The van der Waals surface area contributed by atoms with Crippen LogP contribution in [0, 0.1) is 13.8 Å². The van der Waals surface area contributed by atoms with Crippen LogP contribution >= 0.6 is 0 Å². The van der Waals surface area contributed by atoms with Crippen molar-refractivity contribution < 1.29 is 23.9 Å². The van der Waals surface area contributed by atoms with E-state index < -0.39 is 12.1 Å². The SMILES string of the molecule is C=CC(=O)OCCOC(=O)NCCCCCCNC(=O)n1nc(C)cc1C. The lowest BCUT2D eigenvalue weighted by molar-refractivity contribution is -0.138. The van der Waals surface area contributed by atoms with Crippen molar-refractivity contribution in [1.82, 2.24) is 20.4 Å². The van der Waals surface area contributed by atoms with Crippen LogP contribution in [-0.4, -0.2) is 54.2 Å². The third-order valence-corrected chi connectivity index (χ3v) is 3.58. The third kappa shape index (κ3) is 9.43. The van der Waals surface area contributed by atoms with Crippen molar-refractivity contribution in [2.45, 2.75) is 39.5 Å². The van der Waals surface area contributed by atoms with Gasteiger partial charge in [0, 0.05) is 24.9 Å². The molecule has 27 heavy (non-hydrogen) atoms. The molecule has 0 radical (unpaired) electrons. The van der Waals surface area contributed by atoms with Crippen LogP contribution in [0.2, 0.25) is 0 Å². The number of amides is 2. The van der Waals surface area contributed by atoms with Gasteiger partial charge in [0.05, 0.1) is 5.69 Å². The highest BCUT2D eigenvalue weighted by molar-refractivity contribution is 5.81. The number of hydrogen-bond acceptors (Lipinski definition) is 6. The zero-order valence-electron chi connectivity index (χ0n) is 16.0. The molecule has 0 bridgehead atoms. The second-order valence-corrected chi connectivity index (χ2v) is 5.92. The Morgan fingerprint density at radius 2 is 1.70 bits per heavy atom. The number of carbonyl (C=O) groups is 3. The van der Waals surface area contributed by atoms with Crippen LogP contribution in [-0.2, 0) is 14.3 Å². The average Bonchev–Trinajstić information content (AvgIpc) is 2.98. The fourth-order valence-corrected chi connectivity index (χ4v) is 2.29. The molecule has 0 atom stereocenters. The molecule has 0 aliphatic rings. The number of unbranched alkanes of at least 4 members (excludes halogenated alkanes) is 3. The summed E-state index contributed by atoms with van der Waals surface area (Å²) in [5.41, 5.74) is 1.62. The van der Waals surface area contributed by atoms with Gasteiger partial charge in [-0.05, 0) is 32.8 Å². The van der Waals surface area contributed by atoms with Crippen LogP contribution in [0.15, 0.2) is 18.7 Å². The Kier molecular flexibility index (Phi) is 10.3. The van der Waals surface area contributed by atoms with Gasteiger partial charge in [-0.15, -0.1) is 0 Å². The maximum Gasteiger partial charge on any atom is 0.407 e. The number of rotatable bonds is 11. The molecular weight excluding hydrogens is 352 g/mol. The first-order valence-corrected chi connectivity index (χ1v) is 8.95. The molecule has 0 aromatic carbocycles. The van der Waals surface area contributed by atoms with Gasteiger partial charge in [0.2, 0.25) is 0 Å². The Hall–Kier alpha value is -2.84. The zero-order valence-corrected chi connectivity index (χ0v) is 16.0. The van der Waals surface area contributed by atoms with E-state index in [-0.39, 0.29) is 19.2 Å². The monoisotopic (exact) mass is 380 g/mol. The van der Waals surface area contributed by atoms with Crippen LogP contribution in [0.1, 0.15) is 37.1 Å². The minimum absolute atomic E-state index is 0.000359. The van der Waals surface area contributed by atoms with Gasteiger partial charge in [0.1, 0.15) is 13.2 Å². The molecule has 1 rings (SSSR count). The van der Waals surface area contributed by atoms with Crippen molar-refractivity contribution in [2.24, 2.45) is 0 Å². The van der Waals surface area contributed by atoms with Gasteiger partial charge in [0.25, 0.3) is 0 Å². The van der Waals surface area contributed by atoms with Crippen molar-refractivity contribution in [3.63, 3.8) is 0 Å². The molecule has 0 aliphatic heterocycles. The number of hydrogen-bond donors (Lipinski definition) is 2. The first kappa shape index (κ1) is 22.2. The fraction of sp³-hybridized carbons (Fsp3) is 0.556. The number of aromatic nitrogens is 2. The van der Waals surface area contributed by atoms with Gasteiger partial charge in [-0.2, -0.15) is 9.78 Å². The van der Waals surface area contributed by atoms with Gasteiger partial charge < -0.3 is 20.1 Å². The van der Waals surface area contributed by atoms with Crippen molar-refractivity contribution in [1.29, 1.82) is 0 Å². The van der Waals surface area contributed by atoms with E-state index in [9.17, 15) is 14.4 Å².